The van der Waals surface area contributed by atoms with Crippen molar-refractivity contribution in [3.63, 3.8) is 0 Å². The molecule has 1 N–H and O–H groups in total. The third-order valence-corrected chi connectivity index (χ3v) is 2.97. The molecular weight excluding hydrogens is 217 g/mol. The van der Waals surface area contributed by atoms with Crippen molar-refractivity contribution in [2.45, 2.75) is 40.2 Å². The van der Waals surface area contributed by atoms with E-state index in [0.717, 1.165) is 25.2 Å². The van der Waals surface area contributed by atoms with Crippen LogP contribution < -0.4 is 4.90 Å². The maximum Gasteiger partial charge on any atom is 0.126 e. The van der Waals surface area contributed by atoms with Crippen LogP contribution in [-0.4, -0.2) is 18.2 Å². The molecule has 1 atom stereocenters. The molecule has 0 aliphatic rings. The third-order valence-electron chi connectivity index (χ3n) is 2.97. The van der Waals surface area contributed by atoms with Crippen molar-refractivity contribution in [2.24, 2.45) is 0 Å². The van der Waals surface area contributed by atoms with Crippen molar-refractivity contribution in [3.8, 4) is 0 Å². The molecule has 0 fully saturated rings. The van der Waals surface area contributed by atoms with Crippen LogP contribution in [0.25, 0.3) is 0 Å². The summed E-state index contributed by atoms with van der Waals surface area (Å²) in [5.41, 5.74) is 2.24. The first-order valence-electron chi connectivity index (χ1n) is 6.24. The average Bonchev–Trinajstić information content (AvgIpc) is 2.29. The number of hydrogen-bond acceptors (Lipinski definition) is 2. The number of halogens is 1. The number of benzene rings is 1. The van der Waals surface area contributed by atoms with E-state index >= 15 is 0 Å². The van der Waals surface area contributed by atoms with Gasteiger partial charge in [0.15, 0.2) is 0 Å². The minimum Gasteiger partial charge on any atom is -0.389 e. The van der Waals surface area contributed by atoms with E-state index in [9.17, 15) is 9.50 Å². The summed E-state index contributed by atoms with van der Waals surface area (Å²) in [5, 5.41) is 9.74. The molecule has 0 saturated carbocycles. The highest BCUT2D eigenvalue weighted by atomic mass is 19.1. The number of aliphatic hydroxyl groups excluding tert-OH is 1. The molecule has 1 rings (SSSR count). The molecule has 0 aliphatic carbocycles. The first kappa shape index (κ1) is 14.0. The van der Waals surface area contributed by atoms with Gasteiger partial charge in [0, 0.05) is 24.3 Å². The van der Waals surface area contributed by atoms with Crippen molar-refractivity contribution >= 4 is 5.69 Å². The van der Waals surface area contributed by atoms with E-state index in [-0.39, 0.29) is 5.82 Å². The summed E-state index contributed by atoms with van der Waals surface area (Å²) in [4.78, 5) is 2.18. The standard InChI is InChI=1S/C14H22FNO/c1-5-7-16(6-2)14-8-10(3)13(15)9-12(14)11(4)17/h8-9,11,17H,5-7H2,1-4H3/t11-/m0/s1. The number of anilines is 1. The van der Waals surface area contributed by atoms with E-state index in [4.69, 9.17) is 0 Å². The molecule has 1 aromatic rings. The summed E-state index contributed by atoms with van der Waals surface area (Å²) >= 11 is 0. The molecule has 0 bridgehead atoms. The lowest BCUT2D eigenvalue weighted by molar-refractivity contribution is 0.199. The Morgan fingerprint density at radius 3 is 2.47 bits per heavy atom. The van der Waals surface area contributed by atoms with E-state index in [1.54, 1.807) is 13.8 Å². The van der Waals surface area contributed by atoms with Gasteiger partial charge in [0.1, 0.15) is 5.82 Å². The molecule has 0 saturated heterocycles. The Kier molecular flexibility index (Phi) is 4.94. The van der Waals surface area contributed by atoms with E-state index in [2.05, 4.69) is 18.7 Å². The highest BCUT2D eigenvalue weighted by Gasteiger charge is 2.15. The molecule has 0 radical (unpaired) electrons. The normalized spacial score (nSPS) is 12.6. The second-order valence-corrected chi connectivity index (χ2v) is 4.42. The Bertz CT molecular complexity index is 377. The average molecular weight is 239 g/mol. The highest BCUT2D eigenvalue weighted by Crippen LogP contribution is 2.29. The van der Waals surface area contributed by atoms with Gasteiger partial charge in [-0.2, -0.15) is 0 Å². The zero-order valence-electron chi connectivity index (χ0n) is 11.1. The van der Waals surface area contributed by atoms with Crippen LogP contribution >= 0.6 is 0 Å². The molecule has 0 aliphatic heterocycles. The fraction of sp³-hybridized carbons (Fsp3) is 0.571. The largest absolute Gasteiger partial charge is 0.389 e. The molecule has 0 aromatic heterocycles. The molecule has 0 unspecified atom stereocenters. The van der Waals surface area contributed by atoms with Crippen LogP contribution in [0.15, 0.2) is 12.1 Å². The second-order valence-electron chi connectivity index (χ2n) is 4.42. The molecule has 2 nitrogen and oxygen atoms in total. The van der Waals surface area contributed by atoms with Crippen LogP contribution in [-0.2, 0) is 0 Å². The van der Waals surface area contributed by atoms with Crippen LogP contribution in [0, 0.1) is 12.7 Å². The number of rotatable bonds is 5. The van der Waals surface area contributed by atoms with Crippen LogP contribution in [0.5, 0.6) is 0 Å². The predicted molar refractivity (Wildman–Crippen MR) is 69.9 cm³/mol. The van der Waals surface area contributed by atoms with E-state index in [0.29, 0.717) is 11.1 Å². The van der Waals surface area contributed by atoms with Gasteiger partial charge in [0.2, 0.25) is 0 Å². The fourth-order valence-corrected chi connectivity index (χ4v) is 2.01. The van der Waals surface area contributed by atoms with Crippen LogP contribution in [0.2, 0.25) is 0 Å². The lowest BCUT2D eigenvalue weighted by Gasteiger charge is -2.27. The number of aliphatic hydroxyl groups is 1. The molecule has 0 spiro atoms. The molecule has 3 heteroatoms. The number of aryl methyl sites for hydroxylation is 1. The quantitative estimate of drug-likeness (QED) is 0.851. The minimum atomic E-state index is -0.647. The number of nitrogens with zero attached hydrogens (tertiary/aromatic N) is 1. The molecule has 0 heterocycles. The first-order chi connectivity index (χ1) is 8.01. The zero-order valence-corrected chi connectivity index (χ0v) is 11.1. The second kappa shape index (κ2) is 6.01. The smallest absolute Gasteiger partial charge is 0.126 e. The maximum atomic E-state index is 13.5. The fourth-order valence-electron chi connectivity index (χ4n) is 2.01. The lowest BCUT2D eigenvalue weighted by Crippen LogP contribution is -2.25. The third kappa shape index (κ3) is 3.19. The Hall–Kier alpha value is -1.09. The Labute approximate surface area is 103 Å². The summed E-state index contributed by atoms with van der Waals surface area (Å²) in [6.07, 6.45) is 0.384. The van der Waals surface area contributed by atoms with Gasteiger partial charge in [0.05, 0.1) is 6.10 Å². The van der Waals surface area contributed by atoms with Crippen molar-refractivity contribution in [2.75, 3.05) is 18.0 Å². The molecule has 96 valence electrons. The molecular formula is C14H22FNO. The first-order valence-corrected chi connectivity index (χ1v) is 6.24. The van der Waals surface area contributed by atoms with Crippen LogP contribution in [0.4, 0.5) is 10.1 Å². The van der Waals surface area contributed by atoms with Gasteiger partial charge in [-0.05, 0) is 44.9 Å². The zero-order chi connectivity index (χ0) is 13.0. The molecule has 17 heavy (non-hydrogen) atoms. The van der Waals surface area contributed by atoms with E-state index in [1.165, 1.54) is 6.07 Å². The van der Waals surface area contributed by atoms with E-state index < -0.39 is 6.10 Å². The van der Waals surface area contributed by atoms with Crippen LogP contribution in [0.3, 0.4) is 0 Å². The topological polar surface area (TPSA) is 23.5 Å². The summed E-state index contributed by atoms with van der Waals surface area (Å²) in [6.45, 7) is 9.39. The Morgan fingerprint density at radius 2 is 2.00 bits per heavy atom. The van der Waals surface area contributed by atoms with Gasteiger partial charge in [-0.3, -0.25) is 0 Å². The summed E-state index contributed by atoms with van der Waals surface area (Å²) in [5.74, 6) is -0.253. The summed E-state index contributed by atoms with van der Waals surface area (Å²) in [6, 6.07) is 3.28. The van der Waals surface area contributed by atoms with Gasteiger partial charge in [-0.1, -0.05) is 6.92 Å². The van der Waals surface area contributed by atoms with Gasteiger partial charge in [0.25, 0.3) is 0 Å². The lowest BCUT2D eigenvalue weighted by atomic mass is 10.0. The summed E-state index contributed by atoms with van der Waals surface area (Å²) < 4.78 is 13.5. The molecule has 0 amide bonds. The van der Waals surface area contributed by atoms with E-state index in [1.807, 2.05) is 6.07 Å². The summed E-state index contributed by atoms with van der Waals surface area (Å²) in [7, 11) is 0. The minimum absolute atomic E-state index is 0.253. The predicted octanol–water partition coefficient (Wildman–Crippen LogP) is 3.42. The van der Waals surface area contributed by atoms with Crippen molar-refractivity contribution in [1.29, 1.82) is 0 Å². The van der Waals surface area contributed by atoms with Crippen molar-refractivity contribution in [3.05, 3.63) is 29.1 Å². The van der Waals surface area contributed by atoms with Crippen molar-refractivity contribution in [1.82, 2.24) is 0 Å². The van der Waals surface area contributed by atoms with Gasteiger partial charge in [-0.25, -0.2) is 4.39 Å². The Morgan fingerprint density at radius 1 is 1.35 bits per heavy atom. The Balaban J connectivity index is 3.23. The van der Waals surface area contributed by atoms with Gasteiger partial charge < -0.3 is 10.0 Å². The SMILES string of the molecule is CCCN(CC)c1cc(C)c(F)cc1[C@H](C)O. The van der Waals surface area contributed by atoms with Gasteiger partial charge in [-0.15, -0.1) is 0 Å². The maximum absolute atomic E-state index is 13.5. The highest BCUT2D eigenvalue weighted by molar-refractivity contribution is 5.56. The van der Waals surface area contributed by atoms with Crippen LogP contribution in [0.1, 0.15) is 44.4 Å². The number of hydrogen-bond donors (Lipinski definition) is 1. The monoisotopic (exact) mass is 239 g/mol. The van der Waals surface area contributed by atoms with Crippen molar-refractivity contribution < 1.29 is 9.50 Å². The molecule has 1 aromatic carbocycles. The van der Waals surface area contributed by atoms with Gasteiger partial charge >= 0.3 is 0 Å².